The summed E-state index contributed by atoms with van der Waals surface area (Å²) in [4.78, 5) is 16.6. The molecule has 1 saturated heterocycles. The molecule has 0 unspecified atom stereocenters. The van der Waals surface area contributed by atoms with Crippen molar-refractivity contribution in [2.75, 3.05) is 59.0 Å². The van der Waals surface area contributed by atoms with Crippen LogP contribution in [0.1, 0.15) is 5.56 Å². The second kappa shape index (κ2) is 9.64. The van der Waals surface area contributed by atoms with Crippen molar-refractivity contribution in [2.24, 2.45) is 0 Å². The Labute approximate surface area is 148 Å². The van der Waals surface area contributed by atoms with Crippen LogP contribution in [0.3, 0.4) is 0 Å². The molecule has 1 aromatic carbocycles. The van der Waals surface area contributed by atoms with Crippen molar-refractivity contribution in [1.82, 2.24) is 15.1 Å². The number of benzene rings is 1. The van der Waals surface area contributed by atoms with Crippen LogP contribution in [-0.2, 0) is 6.54 Å². The fraction of sp³-hybridized carbons (Fsp3) is 0.588. The normalized spacial score (nSPS) is 15.2. The summed E-state index contributed by atoms with van der Waals surface area (Å²) in [7, 11) is 3.24. The topological polar surface area (TPSA) is 54.0 Å². The van der Waals surface area contributed by atoms with Crippen molar-refractivity contribution >= 4 is 17.8 Å². The van der Waals surface area contributed by atoms with Crippen LogP contribution in [0.5, 0.6) is 11.5 Å². The van der Waals surface area contributed by atoms with E-state index in [-0.39, 0.29) is 6.03 Å². The molecule has 1 aliphatic heterocycles. The highest BCUT2D eigenvalue weighted by atomic mass is 32.2. The summed E-state index contributed by atoms with van der Waals surface area (Å²) >= 11 is 1.86. The Morgan fingerprint density at radius 3 is 2.58 bits per heavy atom. The lowest BCUT2D eigenvalue weighted by Crippen LogP contribution is -2.51. The van der Waals surface area contributed by atoms with Crippen molar-refractivity contribution in [3.63, 3.8) is 0 Å². The maximum absolute atomic E-state index is 12.3. The molecule has 0 aromatic heterocycles. The van der Waals surface area contributed by atoms with Gasteiger partial charge in [0.1, 0.15) is 11.5 Å². The fourth-order valence-corrected chi connectivity index (χ4v) is 3.12. The van der Waals surface area contributed by atoms with Gasteiger partial charge in [0.15, 0.2) is 0 Å². The first-order valence-corrected chi connectivity index (χ1v) is 9.52. The summed E-state index contributed by atoms with van der Waals surface area (Å²) in [6.45, 7) is 4.98. The maximum atomic E-state index is 12.3. The van der Waals surface area contributed by atoms with Crippen molar-refractivity contribution in [3.8, 4) is 11.5 Å². The molecule has 0 atom stereocenters. The molecule has 134 valence electrons. The number of thioether (sulfide) groups is 1. The zero-order valence-electron chi connectivity index (χ0n) is 14.7. The highest BCUT2D eigenvalue weighted by Crippen LogP contribution is 2.24. The third-order valence-electron chi connectivity index (χ3n) is 4.20. The molecular weight excluding hydrogens is 326 g/mol. The number of nitrogens with one attached hydrogen (secondary N) is 1. The minimum atomic E-state index is -0.0163. The molecule has 6 nitrogen and oxygen atoms in total. The summed E-state index contributed by atoms with van der Waals surface area (Å²) in [5.41, 5.74) is 0.935. The van der Waals surface area contributed by atoms with Gasteiger partial charge in [-0.05, 0) is 18.4 Å². The van der Waals surface area contributed by atoms with E-state index in [1.54, 1.807) is 14.2 Å². The smallest absolute Gasteiger partial charge is 0.317 e. The van der Waals surface area contributed by atoms with Gasteiger partial charge in [-0.3, -0.25) is 4.90 Å². The predicted octanol–water partition coefficient (Wildman–Crippen LogP) is 1.89. The van der Waals surface area contributed by atoms with Gasteiger partial charge >= 0.3 is 6.03 Å². The van der Waals surface area contributed by atoms with Gasteiger partial charge in [0.2, 0.25) is 0 Å². The summed E-state index contributed by atoms with van der Waals surface area (Å²) in [6.07, 6.45) is 2.12. The van der Waals surface area contributed by atoms with Crippen molar-refractivity contribution < 1.29 is 14.3 Å². The summed E-state index contributed by atoms with van der Waals surface area (Å²) in [5, 5.41) is 2.98. The van der Waals surface area contributed by atoms with Crippen LogP contribution in [0.2, 0.25) is 0 Å². The second-order valence-electron chi connectivity index (χ2n) is 5.66. The van der Waals surface area contributed by atoms with E-state index in [1.165, 1.54) is 0 Å². The van der Waals surface area contributed by atoms with Gasteiger partial charge in [0.25, 0.3) is 0 Å². The van der Waals surface area contributed by atoms with Gasteiger partial charge < -0.3 is 19.7 Å². The Morgan fingerprint density at radius 2 is 1.96 bits per heavy atom. The lowest BCUT2D eigenvalue weighted by molar-refractivity contribution is 0.143. The standard InChI is InChI=1S/C17H27N3O3S/c1-22-15-5-4-14(16(12-15)23-2)13-18-17(21)20-8-6-19(7-9-20)10-11-24-3/h4-5,12H,6-11,13H2,1-3H3,(H,18,21). The molecule has 1 N–H and O–H groups in total. The van der Waals surface area contributed by atoms with Gasteiger partial charge in [-0.15, -0.1) is 0 Å². The third kappa shape index (κ3) is 5.21. The molecule has 7 heteroatoms. The van der Waals surface area contributed by atoms with Crippen molar-refractivity contribution in [1.29, 1.82) is 0 Å². The van der Waals surface area contributed by atoms with Gasteiger partial charge in [-0.2, -0.15) is 11.8 Å². The van der Waals surface area contributed by atoms with Crippen LogP contribution in [0.25, 0.3) is 0 Å². The summed E-state index contributed by atoms with van der Waals surface area (Å²) in [6, 6.07) is 5.59. The molecule has 1 fully saturated rings. The first-order valence-electron chi connectivity index (χ1n) is 8.13. The molecule has 0 radical (unpaired) electrons. The number of rotatable bonds is 7. The molecule has 24 heavy (non-hydrogen) atoms. The van der Waals surface area contributed by atoms with Crippen LogP contribution >= 0.6 is 11.8 Å². The zero-order chi connectivity index (χ0) is 17.4. The zero-order valence-corrected chi connectivity index (χ0v) is 15.5. The first-order chi connectivity index (χ1) is 11.7. The minimum Gasteiger partial charge on any atom is -0.497 e. The number of urea groups is 1. The van der Waals surface area contributed by atoms with Gasteiger partial charge in [-0.25, -0.2) is 4.79 Å². The van der Waals surface area contributed by atoms with Crippen LogP contribution in [0.15, 0.2) is 18.2 Å². The predicted molar refractivity (Wildman–Crippen MR) is 98.2 cm³/mol. The van der Waals surface area contributed by atoms with Crippen molar-refractivity contribution in [2.45, 2.75) is 6.54 Å². The van der Waals surface area contributed by atoms with Crippen LogP contribution in [-0.4, -0.2) is 74.8 Å². The number of hydrogen-bond acceptors (Lipinski definition) is 5. The van der Waals surface area contributed by atoms with E-state index in [4.69, 9.17) is 9.47 Å². The largest absolute Gasteiger partial charge is 0.497 e. The highest BCUT2D eigenvalue weighted by Gasteiger charge is 2.20. The summed E-state index contributed by atoms with van der Waals surface area (Å²) < 4.78 is 10.6. The molecule has 0 bridgehead atoms. The first kappa shape index (κ1) is 18.7. The number of methoxy groups -OCH3 is 2. The van der Waals surface area contributed by atoms with Gasteiger partial charge in [0, 0.05) is 56.7 Å². The molecule has 2 amide bonds. The minimum absolute atomic E-state index is 0.0163. The summed E-state index contributed by atoms with van der Waals surface area (Å²) in [5.74, 6) is 2.60. The van der Waals surface area contributed by atoms with Crippen LogP contribution in [0.4, 0.5) is 4.79 Å². The van der Waals surface area contributed by atoms with E-state index in [9.17, 15) is 4.79 Å². The average Bonchev–Trinajstić information content (AvgIpc) is 2.64. The van der Waals surface area contributed by atoms with E-state index in [2.05, 4.69) is 16.5 Å². The highest BCUT2D eigenvalue weighted by molar-refractivity contribution is 7.98. The van der Waals surface area contributed by atoms with Crippen LogP contribution in [0, 0.1) is 0 Å². The Bertz CT molecular complexity index is 534. The van der Waals surface area contributed by atoms with E-state index in [1.807, 2.05) is 34.9 Å². The number of carbonyl (C=O) groups excluding carboxylic acids is 1. The molecule has 1 aliphatic rings. The molecule has 0 spiro atoms. The average molecular weight is 353 g/mol. The van der Waals surface area contributed by atoms with E-state index < -0.39 is 0 Å². The number of ether oxygens (including phenoxy) is 2. The maximum Gasteiger partial charge on any atom is 0.317 e. The number of piperazine rings is 1. The molecule has 2 rings (SSSR count). The lowest BCUT2D eigenvalue weighted by atomic mass is 10.2. The third-order valence-corrected chi connectivity index (χ3v) is 4.79. The monoisotopic (exact) mass is 353 g/mol. The van der Waals surface area contributed by atoms with E-state index in [0.29, 0.717) is 6.54 Å². The fourth-order valence-electron chi connectivity index (χ4n) is 2.68. The SMILES string of the molecule is COc1ccc(CNC(=O)N2CCN(CCSC)CC2)c(OC)c1. The molecule has 1 aromatic rings. The second-order valence-corrected chi connectivity index (χ2v) is 6.64. The number of nitrogens with zero attached hydrogens (tertiary/aromatic N) is 2. The van der Waals surface area contributed by atoms with Crippen LogP contribution < -0.4 is 14.8 Å². The molecule has 1 heterocycles. The lowest BCUT2D eigenvalue weighted by Gasteiger charge is -2.34. The van der Waals surface area contributed by atoms with Gasteiger partial charge in [0.05, 0.1) is 14.2 Å². The quantitative estimate of drug-likeness (QED) is 0.811. The molecular formula is C17H27N3O3S. The number of amides is 2. The van der Waals surface area contributed by atoms with Gasteiger partial charge in [-0.1, -0.05) is 0 Å². The Morgan fingerprint density at radius 1 is 1.21 bits per heavy atom. The Hall–Kier alpha value is -1.60. The number of hydrogen-bond donors (Lipinski definition) is 1. The van der Waals surface area contributed by atoms with E-state index in [0.717, 1.165) is 55.5 Å². The Kier molecular flexibility index (Phi) is 7.52. The number of carbonyl (C=O) groups is 1. The molecule has 0 aliphatic carbocycles. The van der Waals surface area contributed by atoms with Crippen molar-refractivity contribution in [3.05, 3.63) is 23.8 Å². The Balaban J connectivity index is 1.81. The van der Waals surface area contributed by atoms with E-state index >= 15 is 0 Å². The molecule has 0 saturated carbocycles.